The maximum absolute atomic E-state index is 13.8. The van der Waals surface area contributed by atoms with Gasteiger partial charge in [0.05, 0.1) is 16.1 Å². The van der Waals surface area contributed by atoms with Crippen LogP contribution in [0.1, 0.15) is 11.1 Å². The van der Waals surface area contributed by atoms with Crippen LogP contribution in [0.4, 0.5) is 4.39 Å². The Morgan fingerprint density at radius 1 is 1.32 bits per heavy atom. The maximum Gasteiger partial charge on any atom is 0.133 e. The summed E-state index contributed by atoms with van der Waals surface area (Å²) in [6.45, 7) is 4.00. The molecule has 0 spiro atoms. The zero-order valence-electron chi connectivity index (χ0n) is 11.7. The molecule has 2 nitrogen and oxygen atoms in total. The van der Waals surface area contributed by atoms with Crippen LogP contribution in [0.25, 0.3) is 11.6 Å². The minimum absolute atomic E-state index is 0.268. The second kappa shape index (κ2) is 7.58. The largest absolute Gasteiger partial charge is 0.488 e. The number of halogens is 2. The molecule has 22 heavy (non-hydrogen) atoms. The summed E-state index contributed by atoms with van der Waals surface area (Å²) in [5, 5.41) is 9.27. The molecule has 2 aromatic rings. The van der Waals surface area contributed by atoms with Crippen molar-refractivity contribution in [2.75, 3.05) is 6.61 Å². The molecule has 0 bridgehead atoms. The first kappa shape index (κ1) is 16.0. The SMILES string of the molecule is C=CCOc1ccc(C=C(C#N)c2ccccc2F)cc1Br. The third-order valence-corrected chi connectivity index (χ3v) is 3.53. The average molecular weight is 358 g/mol. The van der Waals surface area contributed by atoms with Crippen molar-refractivity contribution in [3.05, 3.63) is 76.5 Å². The van der Waals surface area contributed by atoms with E-state index in [0.29, 0.717) is 12.4 Å². The Balaban J connectivity index is 2.35. The summed E-state index contributed by atoms with van der Waals surface area (Å²) in [4.78, 5) is 0. The van der Waals surface area contributed by atoms with E-state index < -0.39 is 5.82 Å². The van der Waals surface area contributed by atoms with E-state index in [9.17, 15) is 9.65 Å². The van der Waals surface area contributed by atoms with Crippen LogP contribution in [0.2, 0.25) is 0 Å². The molecule has 0 aromatic heterocycles. The van der Waals surface area contributed by atoms with E-state index in [1.165, 1.54) is 6.07 Å². The lowest BCUT2D eigenvalue weighted by Crippen LogP contribution is -1.93. The van der Waals surface area contributed by atoms with Crippen molar-refractivity contribution in [1.82, 2.24) is 0 Å². The second-order valence-corrected chi connectivity index (χ2v) is 5.29. The van der Waals surface area contributed by atoms with Gasteiger partial charge in [0.1, 0.15) is 18.2 Å². The predicted molar refractivity (Wildman–Crippen MR) is 89.7 cm³/mol. The fourth-order valence-corrected chi connectivity index (χ4v) is 2.40. The molecule has 110 valence electrons. The number of hydrogen-bond donors (Lipinski definition) is 0. The topological polar surface area (TPSA) is 33.0 Å². The zero-order valence-corrected chi connectivity index (χ0v) is 13.3. The molecule has 0 saturated heterocycles. The number of nitrogens with zero attached hydrogens (tertiary/aromatic N) is 1. The van der Waals surface area contributed by atoms with E-state index in [1.807, 2.05) is 12.1 Å². The smallest absolute Gasteiger partial charge is 0.133 e. The molecule has 0 radical (unpaired) electrons. The molecule has 0 unspecified atom stereocenters. The van der Waals surface area contributed by atoms with Gasteiger partial charge in [-0.1, -0.05) is 36.9 Å². The van der Waals surface area contributed by atoms with E-state index >= 15 is 0 Å². The summed E-state index contributed by atoms with van der Waals surface area (Å²) >= 11 is 3.41. The van der Waals surface area contributed by atoms with Gasteiger partial charge in [-0.3, -0.25) is 0 Å². The van der Waals surface area contributed by atoms with Crippen LogP contribution in [0.3, 0.4) is 0 Å². The standard InChI is InChI=1S/C18H13BrFNO/c1-2-9-22-18-8-7-13(11-16(18)19)10-14(12-21)15-5-3-4-6-17(15)20/h2-8,10-11H,1,9H2. The molecule has 0 atom stereocenters. The minimum Gasteiger partial charge on any atom is -0.488 e. The van der Waals surface area contributed by atoms with E-state index in [-0.39, 0.29) is 11.1 Å². The quantitative estimate of drug-likeness (QED) is 0.417. The lowest BCUT2D eigenvalue weighted by atomic mass is 10.0. The van der Waals surface area contributed by atoms with E-state index in [1.54, 1.807) is 42.5 Å². The molecule has 0 N–H and O–H groups in total. The molecular weight excluding hydrogens is 345 g/mol. The average Bonchev–Trinajstić information content (AvgIpc) is 2.52. The summed E-state index contributed by atoms with van der Waals surface area (Å²) in [7, 11) is 0. The third-order valence-electron chi connectivity index (χ3n) is 2.91. The molecule has 0 heterocycles. The Morgan fingerprint density at radius 2 is 2.09 bits per heavy atom. The van der Waals surface area contributed by atoms with Crippen LogP contribution in [0.15, 0.2) is 59.6 Å². The first-order chi connectivity index (χ1) is 10.7. The molecule has 2 aromatic carbocycles. The Morgan fingerprint density at radius 3 is 2.73 bits per heavy atom. The van der Waals surface area contributed by atoms with Crippen molar-refractivity contribution in [3.8, 4) is 11.8 Å². The van der Waals surface area contributed by atoms with Crippen molar-refractivity contribution in [2.45, 2.75) is 0 Å². The van der Waals surface area contributed by atoms with E-state index in [4.69, 9.17) is 4.74 Å². The number of hydrogen-bond acceptors (Lipinski definition) is 2. The predicted octanol–water partition coefficient (Wildman–Crippen LogP) is 5.22. The maximum atomic E-state index is 13.8. The molecule has 4 heteroatoms. The molecule has 0 aliphatic carbocycles. The molecule has 0 fully saturated rings. The summed E-state index contributed by atoms with van der Waals surface area (Å²) in [6, 6.07) is 13.7. The fraction of sp³-hybridized carbons (Fsp3) is 0.0556. The minimum atomic E-state index is -0.416. The van der Waals surface area contributed by atoms with Crippen molar-refractivity contribution in [1.29, 1.82) is 5.26 Å². The number of ether oxygens (including phenoxy) is 1. The monoisotopic (exact) mass is 357 g/mol. The summed E-state index contributed by atoms with van der Waals surface area (Å²) in [6.07, 6.45) is 3.30. The summed E-state index contributed by atoms with van der Waals surface area (Å²) in [5.74, 6) is 0.266. The van der Waals surface area contributed by atoms with Crippen molar-refractivity contribution in [2.24, 2.45) is 0 Å². The van der Waals surface area contributed by atoms with Crippen molar-refractivity contribution < 1.29 is 9.13 Å². The highest BCUT2D eigenvalue weighted by Crippen LogP contribution is 2.28. The van der Waals surface area contributed by atoms with Crippen LogP contribution in [-0.2, 0) is 0 Å². The normalized spacial score (nSPS) is 10.9. The van der Waals surface area contributed by atoms with Gasteiger partial charge < -0.3 is 4.74 Å². The fourth-order valence-electron chi connectivity index (χ4n) is 1.89. The molecule has 0 saturated carbocycles. The number of allylic oxidation sites excluding steroid dienone is 1. The Kier molecular flexibility index (Phi) is 5.51. The lowest BCUT2D eigenvalue weighted by molar-refractivity contribution is 0.361. The summed E-state index contributed by atoms with van der Waals surface area (Å²) in [5.41, 5.74) is 1.33. The Labute approximate surface area is 137 Å². The third kappa shape index (κ3) is 3.84. The Hall–Kier alpha value is -2.38. The van der Waals surface area contributed by atoms with Crippen molar-refractivity contribution >= 4 is 27.6 Å². The van der Waals surface area contributed by atoms with Crippen LogP contribution >= 0.6 is 15.9 Å². The van der Waals surface area contributed by atoms with Crippen molar-refractivity contribution in [3.63, 3.8) is 0 Å². The van der Waals surface area contributed by atoms with Gasteiger partial charge in [0, 0.05) is 5.56 Å². The van der Waals surface area contributed by atoms with Gasteiger partial charge in [0.25, 0.3) is 0 Å². The van der Waals surface area contributed by atoms with Gasteiger partial charge in [-0.05, 0) is 45.8 Å². The first-order valence-electron chi connectivity index (χ1n) is 6.55. The van der Waals surface area contributed by atoms with Gasteiger partial charge >= 0.3 is 0 Å². The van der Waals surface area contributed by atoms with Gasteiger partial charge in [-0.15, -0.1) is 0 Å². The molecule has 2 rings (SSSR count). The van der Waals surface area contributed by atoms with E-state index in [0.717, 1.165) is 10.0 Å². The Bertz CT molecular complexity index is 762. The van der Waals surface area contributed by atoms with Gasteiger partial charge in [0.2, 0.25) is 0 Å². The molecule has 0 aliphatic heterocycles. The van der Waals surface area contributed by atoms with Crippen LogP contribution < -0.4 is 4.74 Å². The highest BCUT2D eigenvalue weighted by Gasteiger charge is 2.08. The molecule has 0 aliphatic rings. The van der Waals surface area contributed by atoms with Gasteiger partial charge in [-0.2, -0.15) is 5.26 Å². The zero-order chi connectivity index (χ0) is 15.9. The second-order valence-electron chi connectivity index (χ2n) is 4.44. The number of nitriles is 1. The highest BCUT2D eigenvalue weighted by molar-refractivity contribution is 9.10. The highest BCUT2D eigenvalue weighted by atomic mass is 79.9. The molecular formula is C18H13BrFNO. The lowest BCUT2D eigenvalue weighted by Gasteiger charge is -2.07. The number of benzene rings is 2. The van der Waals surface area contributed by atoms with Gasteiger partial charge in [-0.25, -0.2) is 4.39 Å². The molecule has 0 amide bonds. The van der Waals surface area contributed by atoms with E-state index in [2.05, 4.69) is 22.5 Å². The van der Waals surface area contributed by atoms with Crippen LogP contribution in [0, 0.1) is 17.1 Å². The van der Waals surface area contributed by atoms with Crippen LogP contribution in [-0.4, -0.2) is 6.61 Å². The van der Waals surface area contributed by atoms with Gasteiger partial charge in [0.15, 0.2) is 0 Å². The first-order valence-corrected chi connectivity index (χ1v) is 7.35. The number of rotatable bonds is 5. The van der Waals surface area contributed by atoms with Crippen LogP contribution in [0.5, 0.6) is 5.75 Å². The summed E-state index contributed by atoms with van der Waals surface area (Å²) < 4.78 is 20.0.